The Morgan fingerprint density at radius 1 is 1.26 bits per heavy atom. The fourth-order valence-corrected chi connectivity index (χ4v) is 2.28. The summed E-state index contributed by atoms with van der Waals surface area (Å²) < 4.78 is 8.68. The number of nitrogen functional groups attached to an aromatic ring is 1. The van der Waals surface area contributed by atoms with Crippen molar-refractivity contribution in [3.8, 4) is 5.75 Å². The summed E-state index contributed by atoms with van der Waals surface area (Å²) in [5, 5.41) is 0. The molecule has 0 radical (unpaired) electrons. The first-order valence-electron chi connectivity index (χ1n) is 5.83. The van der Waals surface area contributed by atoms with Crippen molar-refractivity contribution in [3.05, 3.63) is 59.0 Å². The van der Waals surface area contributed by atoms with Gasteiger partial charge in [-0.1, -0.05) is 22.0 Å². The highest BCUT2D eigenvalue weighted by atomic mass is 79.9. The number of benzene rings is 1. The molecule has 0 amide bonds. The molecular formula is C14H12BrN3O. The van der Waals surface area contributed by atoms with Crippen molar-refractivity contribution in [2.24, 2.45) is 0 Å². The van der Waals surface area contributed by atoms with E-state index in [0.29, 0.717) is 12.3 Å². The zero-order valence-corrected chi connectivity index (χ0v) is 11.7. The molecule has 96 valence electrons. The lowest BCUT2D eigenvalue weighted by molar-refractivity contribution is 0.300. The number of halogens is 1. The van der Waals surface area contributed by atoms with E-state index in [2.05, 4.69) is 20.9 Å². The smallest absolute Gasteiger partial charge is 0.160 e. The van der Waals surface area contributed by atoms with Gasteiger partial charge in [-0.05, 0) is 30.3 Å². The van der Waals surface area contributed by atoms with Gasteiger partial charge in [0.15, 0.2) is 5.65 Å². The molecule has 0 spiro atoms. The maximum Gasteiger partial charge on any atom is 0.160 e. The number of nitrogens with zero attached hydrogens (tertiary/aromatic N) is 2. The van der Waals surface area contributed by atoms with Crippen molar-refractivity contribution in [2.45, 2.75) is 6.61 Å². The lowest BCUT2D eigenvalue weighted by Gasteiger charge is -2.06. The van der Waals surface area contributed by atoms with Gasteiger partial charge in [0.1, 0.15) is 12.4 Å². The molecule has 1 aromatic carbocycles. The Labute approximate surface area is 119 Å². The van der Waals surface area contributed by atoms with Gasteiger partial charge in [-0.2, -0.15) is 0 Å². The molecule has 2 aromatic heterocycles. The standard InChI is InChI=1S/C14H12BrN3O/c15-10-3-1-4-12(7-10)19-9-11-8-17-14-13(16)5-2-6-18(11)14/h1-8H,9,16H2. The molecule has 0 aliphatic heterocycles. The predicted molar refractivity (Wildman–Crippen MR) is 78.1 cm³/mol. The summed E-state index contributed by atoms with van der Waals surface area (Å²) in [4.78, 5) is 4.30. The van der Waals surface area contributed by atoms with Gasteiger partial charge in [-0.3, -0.25) is 4.40 Å². The quantitative estimate of drug-likeness (QED) is 0.806. The van der Waals surface area contributed by atoms with Gasteiger partial charge in [-0.15, -0.1) is 0 Å². The second-order valence-electron chi connectivity index (χ2n) is 4.15. The minimum Gasteiger partial charge on any atom is -0.487 e. The van der Waals surface area contributed by atoms with E-state index in [1.165, 1.54) is 0 Å². The number of pyridine rings is 1. The monoisotopic (exact) mass is 317 g/mol. The summed E-state index contributed by atoms with van der Waals surface area (Å²) in [6, 6.07) is 11.5. The molecule has 4 nitrogen and oxygen atoms in total. The average Bonchev–Trinajstić information content (AvgIpc) is 2.81. The Morgan fingerprint density at radius 2 is 2.16 bits per heavy atom. The zero-order chi connectivity index (χ0) is 13.2. The number of ether oxygens (including phenoxy) is 1. The van der Waals surface area contributed by atoms with Crippen LogP contribution in [0.4, 0.5) is 5.69 Å². The second-order valence-corrected chi connectivity index (χ2v) is 5.07. The summed E-state index contributed by atoms with van der Waals surface area (Å²) in [6.45, 7) is 0.446. The Morgan fingerprint density at radius 3 is 3.00 bits per heavy atom. The SMILES string of the molecule is Nc1cccn2c(COc3cccc(Br)c3)cnc12. The number of hydrogen-bond donors (Lipinski definition) is 1. The van der Waals surface area contributed by atoms with Crippen LogP contribution in [0.3, 0.4) is 0 Å². The number of nitrogens with two attached hydrogens (primary N) is 1. The minimum absolute atomic E-state index is 0.446. The number of fused-ring (bicyclic) bond motifs is 1. The van der Waals surface area contributed by atoms with Gasteiger partial charge in [-0.25, -0.2) is 4.98 Å². The first kappa shape index (κ1) is 12.0. The van der Waals surface area contributed by atoms with E-state index in [9.17, 15) is 0 Å². The van der Waals surface area contributed by atoms with Crippen molar-refractivity contribution < 1.29 is 4.74 Å². The second kappa shape index (κ2) is 4.93. The number of rotatable bonds is 3. The van der Waals surface area contributed by atoms with Crippen LogP contribution in [0.2, 0.25) is 0 Å². The van der Waals surface area contributed by atoms with Crippen LogP contribution in [0.5, 0.6) is 5.75 Å². The van der Waals surface area contributed by atoms with Gasteiger partial charge in [0.25, 0.3) is 0 Å². The fourth-order valence-electron chi connectivity index (χ4n) is 1.90. The first-order chi connectivity index (χ1) is 9.24. The van der Waals surface area contributed by atoms with Gasteiger partial charge in [0.2, 0.25) is 0 Å². The van der Waals surface area contributed by atoms with E-state index in [-0.39, 0.29) is 0 Å². The molecule has 0 saturated heterocycles. The van der Waals surface area contributed by atoms with Crippen molar-refractivity contribution in [1.29, 1.82) is 0 Å². The van der Waals surface area contributed by atoms with E-state index in [1.54, 1.807) is 6.20 Å². The van der Waals surface area contributed by atoms with Crippen molar-refractivity contribution >= 4 is 27.3 Å². The Hall–Kier alpha value is -2.01. The molecular weight excluding hydrogens is 306 g/mol. The molecule has 0 bridgehead atoms. The molecule has 19 heavy (non-hydrogen) atoms. The normalized spacial score (nSPS) is 10.8. The van der Waals surface area contributed by atoms with Crippen molar-refractivity contribution in [2.75, 3.05) is 5.73 Å². The van der Waals surface area contributed by atoms with E-state index in [4.69, 9.17) is 10.5 Å². The van der Waals surface area contributed by atoms with Crippen LogP contribution < -0.4 is 10.5 Å². The summed E-state index contributed by atoms with van der Waals surface area (Å²) in [6.07, 6.45) is 3.71. The molecule has 5 heteroatoms. The van der Waals surface area contributed by atoms with E-state index in [1.807, 2.05) is 47.0 Å². The molecule has 0 aliphatic rings. The molecule has 0 atom stereocenters. The molecule has 0 aliphatic carbocycles. The highest BCUT2D eigenvalue weighted by Gasteiger charge is 2.06. The molecule has 0 unspecified atom stereocenters. The first-order valence-corrected chi connectivity index (χ1v) is 6.62. The summed E-state index contributed by atoms with van der Waals surface area (Å²) in [7, 11) is 0. The molecule has 3 aromatic rings. The summed E-state index contributed by atoms with van der Waals surface area (Å²) >= 11 is 3.42. The maximum atomic E-state index is 5.87. The molecule has 3 rings (SSSR count). The van der Waals surface area contributed by atoms with Crippen LogP contribution >= 0.6 is 15.9 Å². The predicted octanol–water partition coefficient (Wildman–Crippen LogP) is 3.26. The van der Waals surface area contributed by atoms with Crippen LogP contribution in [0.1, 0.15) is 5.69 Å². The Bertz CT molecular complexity index is 724. The van der Waals surface area contributed by atoms with Gasteiger partial charge < -0.3 is 10.5 Å². The lowest BCUT2D eigenvalue weighted by Crippen LogP contribution is -2.00. The number of hydrogen-bond acceptors (Lipinski definition) is 3. The highest BCUT2D eigenvalue weighted by Crippen LogP contribution is 2.20. The molecule has 0 saturated carbocycles. The summed E-state index contributed by atoms with van der Waals surface area (Å²) in [5.41, 5.74) is 8.25. The Kier molecular flexibility index (Phi) is 3.13. The zero-order valence-electron chi connectivity index (χ0n) is 10.1. The average molecular weight is 318 g/mol. The largest absolute Gasteiger partial charge is 0.487 e. The van der Waals surface area contributed by atoms with Crippen molar-refractivity contribution in [1.82, 2.24) is 9.38 Å². The third kappa shape index (κ3) is 2.42. The Balaban J connectivity index is 1.84. The van der Waals surface area contributed by atoms with Gasteiger partial charge in [0.05, 0.1) is 17.6 Å². The molecule has 2 N–H and O–H groups in total. The van der Waals surface area contributed by atoms with Gasteiger partial charge >= 0.3 is 0 Å². The fraction of sp³-hybridized carbons (Fsp3) is 0.0714. The van der Waals surface area contributed by atoms with Crippen LogP contribution in [0, 0.1) is 0 Å². The maximum absolute atomic E-state index is 5.87. The third-order valence-corrected chi connectivity index (χ3v) is 3.32. The van der Waals surface area contributed by atoms with E-state index in [0.717, 1.165) is 21.6 Å². The lowest BCUT2D eigenvalue weighted by atomic mass is 10.3. The molecule has 2 heterocycles. The summed E-state index contributed by atoms with van der Waals surface area (Å²) in [5.74, 6) is 0.813. The van der Waals surface area contributed by atoms with Crippen LogP contribution in [0.15, 0.2) is 53.3 Å². The van der Waals surface area contributed by atoms with Crippen molar-refractivity contribution in [3.63, 3.8) is 0 Å². The van der Waals surface area contributed by atoms with Crippen LogP contribution in [-0.4, -0.2) is 9.38 Å². The van der Waals surface area contributed by atoms with E-state index < -0.39 is 0 Å². The highest BCUT2D eigenvalue weighted by molar-refractivity contribution is 9.10. The number of imidazole rings is 1. The number of aromatic nitrogens is 2. The third-order valence-electron chi connectivity index (χ3n) is 2.83. The van der Waals surface area contributed by atoms with E-state index >= 15 is 0 Å². The number of anilines is 1. The van der Waals surface area contributed by atoms with Crippen LogP contribution in [-0.2, 0) is 6.61 Å². The minimum atomic E-state index is 0.446. The molecule has 0 fully saturated rings. The van der Waals surface area contributed by atoms with Crippen LogP contribution in [0.25, 0.3) is 5.65 Å². The topological polar surface area (TPSA) is 52.5 Å². The van der Waals surface area contributed by atoms with Gasteiger partial charge in [0, 0.05) is 10.7 Å².